The van der Waals surface area contributed by atoms with E-state index in [-0.39, 0.29) is 0 Å². The number of hydrogen-bond donors (Lipinski definition) is 0. The Morgan fingerprint density at radius 2 is 2.50 bits per heavy atom. The fourth-order valence-electron chi connectivity index (χ4n) is 0.245. The SMILES string of the molecule is CN1C[N]N=N1. The predicted molar refractivity (Wildman–Crippen MR) is 19.6 cm³/mol. The number of hydrogen-bond acceptors (Lipinski definition) is 3. The van der Waals surface area contributed by atoms with Gasteiger partial charge in [-0.05, 0) is 10.4 Å². The maximum absolute atomic E-state index is 3.55. The molecule has 4 heteroatoms. The van der Waals surface area contributed by atoms with Gasteiger partial charge in [0.15, 0.2) is 6.67 Å². The minimum atomic E-state index is 0.611. The van der Waals surface area contributed by atoms with Crippen LogP contribution in [0.5, 0.6) is 0 Å². The van der Waals surface area contributed by atoms with Gasteiger partial charge in [-0.15, -0.1) is 5.43 Å². The molecule has 1 rings (SSSR count). The molecule has 1 radical (unpaired) electrons. The molecule has 0 aliphatic carbocycles. The smallest absolute Gasteiger partial charge is 0.150 e. The van der Waals surface area contributed by atoms with Crippen molar-refractivity contribution in [3.8, 4) is 0 Å². The summed E-state index contributed by atoms with van der Waals surface area (Å²) in [5.74, 6) is 0. The summed E-state index contributed by atoms with van der Waals surface area (Å²) in [4.78, 5) is 0. The Balaban J connectivity index is 2.38. The summed E-state index contributed by atoms with van der Waals surface area (Å²) in [5.41, 5.74) is 3.55. The summed E-state index contributed by atoms with van der Waals surface area (Å²) in [6.45, 7) is 0.611. The highest BCUT2D eigenvalue weighted by Crippen LogP contribution is 1.88. The van der Waals surface area contributed by atoms with Crippen LogP contribution in [0.25, 0.3) is 0 Å². The van der Waals surface area contributed by atoms with Gasteiger partial charge in [-0.1, -0.05) is 0 Å². The van der Waals surface area contributed by atoms with Crippen molar-refractivity contribution in [2.75, 3.05) is 13.7 Å². The first kappa shape index (κ1) is 3.39. The molecule has 0 unspecified atom stereocenters. The van der Waals surface area contributed by atoms with Crippen molar-refractivity contribution in [1.29, 1.82) is 0 Å². The Morgan fingerprint density at radius 3 is 2.67 bits per heavy atom. The van der Waals surface area contributed by atoms with Gasteiger partial charge in [0.25, 0.3) is 0 Å². The molecular formula is C2H5N4. The van der Waals surface area contributed by atoms with E-state index in [0.717, 1.165) is 0 Å². The van der Waals surface area contributed by atoms with Gasteiger partial charge in [-0.3, -0.25) is 5.01 Å². The zero-order valence-corrected chi connectivity index (χ0v) is 3.50. The Hall–Kier alpha value is -0.800. The Bertz CT molecular complexity index is 67.9. The van der Waals surface area contributed by atoms with E-state index in [4.69, 9.17) is 0 Å². The third-order valence-electron chi connectivity index (χ3n) is 0.524. The highest BCUT2D eigenvalue weighted by molar-refractivity contribution is 4.37. The standard InChI is InChI=1S/C2H5N4/c1-6-2-3-4-5-6/h2H2,1H3. The van der Waals surface area contributed by atoms with Gasteiger partial charge in [-0.25, -0.2) is 0 Å². The van der Waals surface area contributed by atoms with Gasteiger partial charge < -0.3 is 0 Å². The van der Waals surface area contributed by atoms with Crippen LogP contribution in [0, 0.1) is 0 Å². The van der Waals surface area contributed by atoms with Crippen LogP contribution < -0.4 is 5.43 Å². The molecular weight excluding hydrogens is 80.0 g/mol. The van der Waals surface area contributed by atoms with Gasteiger partial charge in [-0.2, -0.15) is 0 Å². The van der Waals surface area contributed by atoms with Crippen molar-refractivity contribution < 1.29 is 0 Å². The van der Waals surface area contributed by atoms with Crippen LogP contribution in [-0.2, 0) is 0 Å². The van der Waals surface area contributed by atoms with Crippen molar-refractivity contribution in [3.63, 3.8) is 0 Å². The van der Waals surface area contributed by atoms with E-state index >= 15 is 0 Å². The highest BCUT2D eigenvalue weighted by Gasteiger charge is 1.96. The summed E-state index contributed by atoms with van der Waals surface area (Å²) in [6, 6.07) is 0. The Morgan fingerprint density at radius 1 is 1.67 bits per heavy atom. The molecule has 0 bridgehead atoms. The average molecular weight is 85.1 g/mol. The molecule has 6 heavy (non-hydrogen) atoms. The van der Waals surface area contributed by atoms with Gasteiger partial charge in [0.05, 0.1) is 0 Å². The summed E-state index contributed by atoms with van der Waals surface area (Å²) < 4.78 is 0. The molecule has 0 saturated heterocycles. The summed E-state index contributed by atoms with van der Waals surface area (Å²) in [6.07, 6.45) is 0. The minimum Gasteiger partial charge on any atom is -0.257 e. The van der Waals surface area contributed by atoms with Gasteiger partial charge in [0.2, 0.25) is 0 Å². The molecule has 1 heterocycles. The van der Waals surface area contributed by atoms with E-state index in [9.17, 15) is 0 Å². The van der Waals surface area contributed by atoms with E-state index in [0.29, 0.717) is 6.67 Å². The summed E-state index contributed by atoms with van der Waals surface area (Å²) in [5, 5.41) is 8.52. The molecule has 0 atom stereocenters. The third-order valence-corrected chi connectivity index (χ3v) is 0.524. The number of nitrogens with zero attached hydrogens (tertiary/aromatic N) is 4. The van der Waals surface area contributed by atoms with Crippen molar-refractivity contribution in [2.45, 2.75) is 0 Å². The quantitative estimate of drug-likeness (QED) is 0.401. The second kappa shape index (κ2) is 1.12. The zero-order valence-electron chi connectivity index (χ0n) is 3.50. The molecule has 0 aromatic carbocycles. The summed E-state index contributed by atoms with van der Waals surface area (Å²) >= 11 is 0. The van der Waals surface area contributed by atoms with Crippen molar-refractivity contribution in [3.05, 3.63) is 0 Å². The molecule has 0 aromatic heterocycles. The van der Waals surface area contributed by atoms with Crippen LogP contribution in [0.1, 0.15) is 0 Å². The Labute approximate surface area is 35.8 Å². The van der Waals surface area contributed by atoms with Gasteiger partial charge >= 0.3 is 0 Å². The zero-order chi connectivity index (χ0) is 4.41. The molecule has 0 N–H and O–H groups in total. The van der Waals surface area contributed by atoms with E-state index in [1.54, 1.807) is 5.01 Å². The lowest BCUT2D eigenvalue weighted by Crippen LogP contribution is -2.10. The highest BCUT2D eigenvalue weighted by atomic mass is 15.7. The molecule has 33 valence electrons. The predicted octanol–water partition coefficient (Wildman–Crippen LogP) is -0.224. The monoisotopic (exact) mass is 85.1 g/mol. The molecule has 1 aliphatic heterocycles. The fourth-order valence-corrected chi connectivity index (χ4v) is 0.245. The van der Waals surface area contributed by atoms with Crippen LogP contribution in [0.4, 0.5) is 0 Å². The summed E-state index contributed by atoms with van der Waals surface area (Å²) in [7, 11) is 1.82. The van der Waals surface area contributed by atoms with E-state index in [1.807, 2.05) is 7.05 Å². The topological polar surface area (TPSA) is 42.1 Å². The molecule has 4 nitrogen and oxygen atoms in total. The molecule has 0 fully saturated rings. The first-order valence-corrected chi connectivity index (χ1v) is 1.68. The van der Waals surface area contributed by atoms with Crippen LogP contribution in [0.15, 0.2) is 10.4 Å². The van der Waals surface area contributed by atoms with E-state index in [2.05, 4.69) is 15.9 Å². The van der Waals surface area contributed by atoms with Gasteiger partial charge in [0, 0.05) is 7.05 Å². The number of rotatable bonds is 0. The lowest BCUT2D eigenvalue weighted by atomic mass is 11.0. The molecule has 0 saturated carbocycles. The van der Waals surface area contributed by atoms with Crippen molar-refractivity contribution >= 4 is 0 Å². The average Bonchev–Trinajstić information content (AvgIpc) is 1.86. The second-order valence-corrected chi connectivity index (χ2v) is 1.12. The lowest BCUT2D eigenvalue weighted by Gasteiger charge is -1.94. The lowest BCUT2D eigenvalue weighted by molar-refractivity contribution is 0.377. The fraction of sp³-hybridized carbons (Fsp3) is 1.00. The molecule has 0 spiro atoms. The second-order valence-electron chi connectivity index (χ2n) is 1.12. The van der Waals surface area contributed by atoms with E-state index < -0.39 is 0 Å². The first-order chi connectivity index (χ1) is 2.89. The minimum absolute atomic E-state index is 0.611. The van der Waals surface area contributed by atoms with Crippen LogP contribution in [-0.4, -0.2) is 18.7 Å². The van der Waals surface area contributed by atoms with Crippen molar-refractivity contribution in [2.24, 2.45) is 10.4 Å². The molecule has 1 aliphatic rings. The van der Waals surface area contributed by atoms with Gasteiger partial charge in [0.1, 0.15) is 0 Å². The normalized spacial score (nSPS) is 18.5. The first-order valence-electron chi connectivity index (χ1n) is 1.68. The maximum atomic E-state index is 3.55. The van der Waals surface area contributed by atoms with E-state index in [1.165, 1.54) is 0 Å². The van der Waals surface area contributed by atoms with Crippen LogP contribution in [0.3, 0.4) is 0 Å². The van der Waals surface area contributed by atoms with Crippen LogP contribution >= 0.6 is 0 Å². The maximum Gasteiger partial charge on any atom is 0.150 e. The van der Waals surface area contributed by atoms with Crippen molar-refractivity contribution in [1.82, 2.24) is 10.4 Å². The Kier molecular flexibility index (Phi) is 0.633. The third kappa shape index (κ3) is 0.403. The molecule has 0 aromatic rings. The largest absolute Gasteiger partial charge is 0.257 e. The molecule has 0 amide bonds. The van der Waals surface area contributed by atoms with Crippen LogP contribution in [0.2, 0.25) is 0 Å².